The van der Waals surface area contributed by atoms with Crippen molar-refractivity contribution in [3.05, 3.63) is 64.7 Å². The Morgan fingerprint density at radius 1 is 1.03 bits per heavy atom. The Labute approximate surface area is 202 Å². The van der Waals surface area contributed by atoms with Gasteiger partial charge in [-0.25, -0.2) is 4.79 Å². The molecule has 1 aliphatic heterocycles. The second-order valence-corrected chi connectivity index (χ2v) is 8.97. The minimum absolute atomic E-state index is 0.0409. The number of likely N-dealkylation sites (tertiary alicyclic amines) is 1. The van der Waals surface area contributed by atoms with Gasteiger partial charge in [-0.3, -0.25) is 4.90 Å². The number of nitrogens with zero attached hydrogens (tertiary/aromatic N) is 1. The van der Waals surface area contributed by atoms with Crippen LogP contribution in [0.3, 0.4) is 0 Å². The Balaban J connectivity index is 1.45. The lowest BCUT2D eigenvalue weighted by atomic mass is 9.88. The molecule has 0 N–H and O–H groups in total. The van der Waals surface area contributed by atoms with E-state index in [2.05, 4.69) is 41.3 Å². The maximum Gasteiger partial charge on any atom is 0.333 e. The smallest absolute Gasteiger partial charge is 0.333 e. The summed E-state index contributed by atoms with van der Waals surface area (Å²) in [5, 5.41) is 0. The molecule has 1 saturated heterocycles. The van der Waals surface area contributed by atoms with E-state index >= 15 is 0 Å². The van der Waals surface area contributed by atoms with Crippen molar-refractivity contribution >= 4 is 12.0 Å². The molecule has 6 heteroatoms. The van der Waals surface area contributed by atoms with Crippen molar-refractivity contribution in [3.8, 4) is 11.5 Å². The summed E-state index contributed by atoms with van der Waals surface area (Å²) in [6.07, 6.45) is 4.92. The summed E-state index contributed by atoms with van der Waals surface area (Å²) < 4.78 is 22.2. The molecular weight excluding hydrogens is 430 g/mol. The van der Waals surface area contributed by atoms with Crippen LogP contribution in [-0.4, -0.2) is 51.4 Å². The zero-order valence-corrected chi connectivity index (χ0v) is 20.4. The number of hydrogen-bond donors (Lipinski definition) is 0. The molecule has 0 amide bonds. The third-order valence-corrected chi connectivity index (χ3v) is 6.70. The molecule has 1 unspecified atom stereocenters. The lowest BCUT2D eigenvalue weighted by Crippen LogP contribution is -2.33. The third-order valence-electron chi connectivity index (χ3n) is 6.70. The van der Waals surface area contributed by atoms with Crippen LogP contribution in [0.15, 0.2) is 48.0 Å². The molecule has 34 heavy (non-hydrogen) atoms. The van der Waals surface area contributed by atoms with Gasteiger partial charge in [-0.1, -0.05) is 36.4 Å². The minimum Gasteiger partial charge on any atom is -0.493 e. The molecule has 2 aliphatic rings. The Kier molecular flexibility index (Phi) is 8.25. The van der Waals surface area contributed by atoms with Crippen LogP contribution in [0.1, 0.15) is 49.0 Å². The van der Waals surface area contributed by atoms with Gasteiger partial charge in [-0.15, -0.1) is 0 Å². The van der Waals surface area contributed by atoms with E-state index in [1.54, 1.807) is 14.2 Å². The number of hydrogen-bond acceptors (Lipinski definition) is 6. The van der Waals surface area contributed by atoms with Gasteiger partial charge in [0, 0.05) is 18.7 Å². The quantitative estimate of drug-likeness (QED) is 0.459. The van der Waals surface area contributed by atoms with E-state index in [9.17, 15) is 4.79 Å². The molecule has 1 fully saturated rings. The summed E-state index contributed by atoms with van der Waals surface area (Å²) in [6.45, 7) is 5.46. The van der Waals surface area contributed by atoms with Crippen LogP contribution in [-0.2, 0) is 20.8 Å². The molecule has 0 radical (unpaired) electrons. The van der Waals surface area contributed by atoms with Crippen LogP contribution < -0.4 is 9.47 Å². The normalized spacial score (nSPS) is 18.3. The molecule has 6 nitrogen and oxygen atoms in total. The number of methoxy groups -OCH3 is 2. The first-order valence-corrected chi connectivity index (χ1v) is 12.1. The van der Waals surface area contributed by atoms with Gasteiger partial charge >= 0.3 is 5.97 Å². The second-order valence-electron chi connectivity index (χ2n) is 8.97. The van der Waals surface area contributed by atoms with Gasteiger partial charge in [0.15, 0.2) is 11.5 Å². The van der Waals surface area contributed by atoms with Crippen molar-refractivity contribution in [1.29, 1.82) is 0 Å². The fraction of sp³-hybridized carbons (Fsp3) is 0.464. The van der Waals surface area contributed by atoms with E-state index < -0.39 is 6.10 Å². The van der Waals surface area contributed by atoms with Crippen LogP contribution in [0.4, 0.5) is 0 Å². The minimum atomic E-state index is -0.412. The lowest BCUT2D eigenvalue weighted by Gasteiger charge is -2.33. The second kappa shape index (κ2) is 11.5. The maximum atomic E-state index is 12.5. The third kappa shape index (κ3) is 5.80. The van der Waals surface area contributed by atoms with E-state index in [4.69, 9.17) is 18.9 Å². The van der Waals surface area contributed by atoms with Crippen LogP contribution in [0.25, 0.3) is 6.08 Å². The SMILES string of the molecule is CCOCC(=O)OC1C(CC2CCN(Cc3ccccc3)CC2)=Cc2cc(OC)c(OC)cc21. The van der Waals surface area contributed by atoms with Crippen LogP contribution in [0.5, 0.6) is 11.5 Å². The molecule has 0 spiro atoms. The maximum absolute atomic E-state index is 12.5. The zero-order chi connectivity index (χ0) is 23.9. The number of piperidine rings is 1. The molecule has 2 aromatic carbocycles. The van der Waals surface area contributed by atoms with Crippen LogP contribution in [0.2, 0.25) is 0 Å². The number of carbonyl (C=O) groups is 1. The first-order chi connectivity index (χ1) is 16.6. The molecule has 4 rings (SSSR count). The van der Waals surface area contributed by atoms with Gasteiger partial charge in [0.25, 0.3) is 0 Å². The highest BCUT2D eigenvalue weighted by molar-refractivity contribution is 5.75. The van der Waals surface area contributed by atoms with E-state index in [1.807, 2.05) is 19.1 Å². The largest absolute Gasteiger partial charge is 0.493 e. The van der Waals surface area contributed by atoms with Crippen molar-refractivity contribution in [2.24, 2.45) is 5.92 Å². The van der Waals surface area contributed by atoms with Crippen molar-refractivity contribution in [2.45, 2.75) is 38.8 Å². The molecule has 2 aromatic rings. The first-order valence-electron chi connectivity index (χ1n) is 12.1. The van der Waals surface area contributed by atoms with Gasteiger partial charge in [0.05, 0.1) is 14.2 Å². The Hall–Kier alpha value is -2.83. The number of benzene rings is 2. The summed E-state index contributed by atoms with van der Waals surface area (Å²) in [5.74, 6) is 1.52. The number of ether oxygens (including phenoxy) is 4. The fourth-order valence-electron chi connectivity index (χ4n) is 4.92. The predicted molar refractivity (Wildman–Crippen MR) is 132 cm³/mol. The summed E-state index contributed by atoms with van der Waals surface area (Å²) >= 11 is 0. The highest BCUT2D eigenvalue weighted by Crippen LogP contribution is 2.45. The average molecular weight is 466 g/mol. The predicted octanol–water partition coefficient (Wildman–Crippen LogP) is 5.02. The number of esters is 1. The average Bonchev–Trinajstić information content (AvgIpc) is 3.19. The summed E-state index contributed by atoms with van der Waals surface area (Å²) in [6, 6.07) is 14.5. The van der Waals surface area contributed by atoms with E-state index in [1.165, 1.54) is 5.56 Å². The summed E-state index contributed by atoms with van der Waals surface area (Å²) in [4.78, 5) is 15.0. The zero-order valence-electron chi connectivity index (χ0n) is 20.4. The van der Waals surface area contributed by atoms with Gasteiger partial charge < -0.3 is 18.9 Å². The van der Waals surface area contributed by atoms with Gasteiger partial charge in [-0.05, 0) is 74.0 Å². The highest BCUT2D eigenvalue weighted by Gasteiger charge is 2.32. The Bertz CT molecular complexity index is 995. The number of carbonyl (C=O) groups excluding carboxylic acids is 1. The number of fused-ring (bicyclic) bond motifs is 1. The van der Waals surface area contributed by atoms with E-state index in [-0.39, 0.29) is 12.6 Å². The molecule has 0 saturated carbocycles. The molecule has 1 aliphatic carbocycles. The molecule has 0 aromatic heterocycles. The topological polar surface area (TPSA) is 57.2 Å². The molecular formula is C28H35NO5. The van der Waals surface area contributed by atoms with Crippen LogP contribution >= 0.6 is 0 Å². The molecule has 182 valence electrons. The standard InChI is InChI=1S/C28H35NO5/c1-4-33-19-27(30)34-28-23(15-22-16-25(31-2)26(32-3)17-24(22)28)14-20-10-12-29(13-11-20)18-21-8-6-5-7-9-21/h5-9,15-17,20,28H,4,10-14,18-19H2,1-3H3. The van der Waals surface area contributed by atoms with Crippen molar-refractivity contribution in [3.63, 3.8) is 0 Å². The van der Waals surface area contributed by atoms with Gasteiger partial charge in [-0.2, -0.15) is 0 Å². The van der Waals surface area contributed by atoms with Crippen molar-refractivity contribution in [1.82, 2.24) is 4.90 Å². The lowest BCUT2D eigenvalue weighted by molar-refractivity contribution is -0.153. The first kappa shape index (κ1) is 24.3. The van der Waals surface area contributed by atoms with Gasteiger partial charge in [0.1, 0.15) is 12.7 Å². The highest BCUT2D eigenvalue weighted by atomic mass is 16.6. The van der Waals surface area contributed by atoms with Crippen LogP contribution in [0, 0.1) is 5.92 Å². The van der Waals surface area contributed by atoms with Crippen molar-refractivity contribution < 1.29 is 23.7 Å². The molecule has 1 heterocycles. The Morgan fingerprint density at radius 3 is 2.41 bits per heavy atom. The Morgan fingerprint density at radius 2 is 1.74 bits per heavy atom. The summed E-state index contributed by atoms with van der Waals surface area (Å²) in [5.41, 5.74) is 4.46. The fourth-order valence-corrected chi connectivity index (χ4v) is 4.92. The summed E-state index contributed by atoms with van der Waals surface area (Å²) in [7, 11) is 3.25. The molecule has 1 atom stereocenters. The van der Waals surface area contributed by atoms with E-state index in [0.717, 1.165) is 55.6 Å². The van der Waals surface area contributed by atoms with Crippen molar-refractivity contribution in [2.75, 3.05) is 40.5 Å². The monoisotopic (exact) mass is 465 g/mol. The van der Waals surface area contributed by atoms with E-state index in [0.29, 0.717) is 24.0 Å². The number of rotatable bonds is 10. The van der Waals surface area contributed by atoms with Gasteiger partial charge in [0.2, 0.25) is 0 Å². The molecule has 0 bridgehead atoms.